The van der Waals surface area contributed by atoms with E-state index in [4.69, 9.17) is 0 Å². The number of rotatable bonds is 2. The summed E-state index contributed by atoms with van der Waals surface area (Å²) in [6.45, 7) is 3.06. The molecule has 0 saturated heterocycles. The highest BCUT2D eigenvalue weighted by atomic mass is 16.2. The zero-order valence-electron chi connectivity index (χ0n) is 12.2. The minimum absolute atomic E-state index is 0.0703. The highest BCUT2D eigenvalue weighted by molar-refractivity contribution is 5.82. The third-order valence-electron chi connectivity index (χ3n) is 4.84. The molecule has 1 aliphatic carbocycles. The van der Waals surface area contributed by atoms with Crippen molar-refractivity contribution in [3.63, 3.8) is 0 Å². The fourth-order valence-electron chi connectivity index (χ4n) is 3.45. The van der Waals surface area contributed by atoms with Gasteiger partial charge < -0.3 is 10.6 Å². The Balaban J connectivity index is 1.61. The molecule has 1 heterocycles. The Labute approximate surface area is 121 Å². The minimum Gasteiger partial charge on any atom is -0.352 e. The molecule has 0 radical (unpaired) electrons. The summed E-state index contributed by atoms with van der Waals surface area (Å²) in [5, 5.41) is 6.64. The van der Waals surface area contributed by atoms with E-state index < -0.39 is 0 Å². The van der Waals surface area contributed by atoms with Crippen LogP contribution in [0.25, 0.3) is 0 Å². The van der Waals surface area contributed by atoms with Gasteiger partial charge in [-0.15, -0.1) is 0 Å². The van der Waals surface area contributed by atoms with Gasteiger partial charge in [-0.3, -0.25) is 4.79 Å². The molecule has 3 nitrogen and oxygen atoms in total. The molecule has 1 aromatic rings. The molecule has 3 heteroatoms. The number of nitrogens with one attached hydrogen (secondary N) is 2. The van der Waals surface area contributed by atoms with Crippen molar-refractivity contribution < 1.29 is 4.79 Å². The number of hydrogen-bond donors (Lipinski definition) is 2. The topological polar surface area (TPSA) is 41.1 Å². The van der Waals surface area contributed by atoms with Crippen LogP contribution in [0, 0.1) is 5.92 Å². The number of hydrogen-bond acceptors (Lipinski definition) is 2. The second-order valence-corrected chi connectivity index (χ2v) is 6.28. The van der Waals surface area contributed by atoms with Crippen molar-refractivity contribution in [2.45, 2.75) is 57.7 Å². The molecular weight excluding hydrogens is 248 g/mol. The summed E-state index contributed by atoms with van der Waals surface area (Å²) in [4.78, 5) is 12.4. The van der Waals surface area contributed by atoms with E-state index in [2.05, 4.69) is 41.8 Å². The van der Waals surface area contributed by atoms with Crippen molar-refractivity contribution in [1.82, 2.24) is 10.6 Å². The van der Waals surface area contributed by atoms with Gasteiger partial charge in [-0.2, -0.15) is 0 Å². The zero-order chi connectivity index (χ0) is 13.9. The Bertz CT molecular complexity index is 486. The van der Waals surface area contributed by atoms with Gasteiger partial charge in [0.1, 0.15) is 0 Å². The van der Waals surface area contributed by atoms with Crippen molar-refractivity contribution in [2.24, 2.45) is 5.92 Å². The third-order valence-corrected chi connectivity index (χ3v) is 4.84. The van der Waals surface area contributed by atoms with Gasteiger partial charge in [0.2, 0.25) is 5.91 Å². The van der Waals surface area contributed by atoms with Gasteiger partial charge in [0.25, 0.3) is 0 Å². The van der Waals surface area contributed by atoms with Crippen LogP contribution in [0.4, 0.5) is 0 Å². The highest BCUT2D eigenvalue weighted by Gasteiger charge is 2.28. The quantitative estimate of drug-likeness (QED) is 0.868. The van der Waals surface area contributed by atoms with Gasteiger partial charge >= 0.3 is 0 Å². The SMILES string of the molecule is CC1CCCCC1NC(=O)[C@H]1Cc2ccccc2CN1. The van der Waals surface area contributed by atoms with Crippen LogP contribution in [0.2, 0.25) is 0 Å². The maximum atomic E-state index is 12.4. The zero-order valence-corrected chi connectivity index (χ0v) is 12.2. The van der Waals surface area contributed by atoms with E-state index in [9.17, 15) is 4.79 Å². The first-order chi connectivity index (χ1) is 9.74. The summed E-state index contributed by atoms with van der Waals surface area (Å²) >= 11 is 0. The van der Waals surface area contributed by atoms with E-state index in [0.717, 1.165) is 19.4 Å². The van der Waals surface area contributed by atoms with Gasteiger partial charge in [-0.25, -0.2) is 0 Å². The monoisotopic (exact) mass is 272 g/mol. The minimum atomic E-state index is -0.0703. The fraction of sp³-hybridized carbons (Fsp3) is 0.588. The van der Waals surface area contributed by atoms with Gasteiger partial charge in [-0.1, -0.05) is 44.0 Å². The van der Waals surface area contributed by atoms with Crippen molar-refractivity contribution in [3.8, 4) is 0 Å². The van der Waals surface area contributed by atoms with E-state index in [-0.39, 0.29) is 11.9 Å². The summed E-state index contributed by atoms with van der Waals surface area (Å²) in [7, 11) is 0. The number of carbonyl (C=O) groups excluding carboxylic acids is 1. The van der Waals surface area contributed by atoms with Crippen LogP contribution in [-0.4, -0.2) is 18.0 Å². The molecule has 2 aliphatic rings. The van der Waals surface area contributed by atoms with E-state index >= 15 is 0 Å². The van der Waals surface area contributed by atoms with Gasteiger partial charge in [0.05, 0.1) is 6.04 Å². The first kappa shape index (κ1) is 13.6. The Morgan fingerprint density at radius 3 is 2.75 bits per heavy atom. The van der Waals surface area contributed by atoms with Crippen LogP contribution in [0.15, 0.2) is 24.3 Å². The number of carbonyl (C=O) groups is 1. The molecule has 1 fully saturated rings. The molecule has 108 valence electrons. The third kappa shape index (κ3) is 2.88. The van der Waals surface area contributed by atoms with Crippen LogP contribution < -0.4 is 10.6 Å². The van der Waals surface area contributed by atoms with Gasteiger partial charge in [0, 0.05) is 12.6 Å². The van der Waals surface area contributed by atoms with Crippen LogP contribution in [0.3, 0.4) is 0 Å². The summed E-state index contributed by atoms with van der Waals surface area (Å²) in [6, 6.07) is 8.70. The Kier molecular flexibility index (Phi) is 4.06. The predicted molar refractivity (Wildman–Crippen MR) is 80.3 cm³/mol. The van der Waals surface area contributed by atoms with Crippen molar-refractivity contribution >= 4 is 5.91 Å². The van der Waals surface area contributed by atoms with Gasteiger partial charge in [-0.05, 0) is 36.3 Å². The lowest BCUT2D eigenvalue weighted by molar-refractivity contribution is -0.124. The van der Waals surface area contributed by atoms with Crippen molar-refractivity contribution in [2.75, 3.05) is 0 Å². The van der Waals surface area contributed by atoms with E-state index in [1.54, 1.807) is 0 Å². The molecule has 20 heavy (non-hydrogen) atoms. The molecule has 0 bridgehead atoms. The van der Waals surface area contributed by atoms with E-state index in [0.29, 0.717) is 12.0 Å². The first-order valence-electron chi connectivity index (χ1n) is 7.84. The largest absolute Gasteiger partial charge is 0.352 e. The molecule has 1 amide bonds. The maximum absolute atomic E-state index is 12.4. The predicted octanol–water partition coefficient (Wildman–Crippen LogP) is 2.40. The molecule has 0 spiro atoms. The molecule has 1 saturated carbocycles. The summed E-state index contributed by atoms with van der Waals surface area (Å²) in [5.74, 6) is 0.793. The molecule has 3 atom stereocenters. The average Bonchev–Trinajstić information content (AvgIpc) is 2.49. The van der Waals surface area contributed by atoms with Crippen LogP contribution in [0.1, 0.15) is 43.7 Å². The average molecular weight is 272 g/mol. The molecule has 2 N–H and O–H groups in total. The van der Waals surface area contributed by atoms with Crippen molar-refractivity contribution in [1.29, 1.82) is 0 Å². The van der Waals surface area contributed by atoms with Crippen LogP contribution >= 0.6 is 0 Å². The normalized spacial score (nSPS) is 29.6. The molecule has 3 rings (SSSR count). The van der Waals surface area contributed by atoms with Crippen LogP contribution in [0.5, 0.6) is 0 Å². The second-order valence-electron chi connectivity index (χ2n) is 6.28. The molecule has 0 aromatic heterocycles. The summed E-state index contributed by atoms with van der Waals surface area (Å²) in [5.41, 5.74) is 2.63. The van der Waals surface area contributed by atoms with E-state index in [1.165, 1.54) is 30.4 Å². The molecule has 1 aromatic carbocycles. The molecule has 2 unspecified atom stereocenters. The Morgan fingerprint density at radius 1 is 1.20 bits per heavy atom. The highest BCUT2D eigenvalue weighted by Crippen LogP contribution is 2.24. The maximum Gasteiger partial charge on any atom is 0.237 e. The first-order valence-corrected chi connectivity index (χ1v) is 7.84. The molecule has 1 aliphatic heterocycles. The standard InChI is InChI=1S/C17H24N2O/c1-12-6-2-5-9-15(12)19-17(20)16-10-13-7-3-4-8-14(13)11-18-16/h3-4,7-8,12,15-16,18H,2,5-6,9-11H2,1H3,(H,19,20)/t12?,15?,16-/m1/s1. The Hall–Kier alpha value is -1.35. The Morgan fingerprint density at radius 2 is 1.95 bits per heavy atom. The summed E-state index contributed by atoms with van der Waals surface area (Å²) < 4.78 is 0. The molecular formula is C17H24N2O. The van der Waals surface area contributed by atoms with E-state index in [1.807, 2.05) is 0 Å². The summed E-state index contributed by atoms with van der Waals surface area (Å²) in [6.07, 6.45) is 5.74. The number of amides is 1. The smallest absolute Gasteiger partial charge is 0.237 e. The van der Waals surface area contributed by atoms with Gasteiger partial charge in [0.15, 0.2) is 0 Å². The van der Waals surface area contributed by atoms with Crippen LogP contribution in [-0.2, 0) is 17.8 Å². The lowest BCUT2D eigenvalue weighted by Gasteiger charge is -2.32. The number of benzene rings is 1. The lowest BCUT2D eigenvalue weighted by atomic mass is 9.85. The fourth-order valence-corrected chi connectivity index (χ4v) is 3.45. The second kappa shape index (κ2) is 5.96. The lowest BCUT2D eigenvalue weighted by Crippen LogP contribution is -2.52. The van der Waals surface area contributed by atoms with Crippen molar-refractivity contribution in [3.05, 3.63) is 35.4 Å². The number of fused-ring (bicyclic) bond motifs is 1.